The van der Waals surface area contributed by atoms with Gasteiger partial charge in [0, 0.05) is 76.7 Å². The molecule has 6 amide bonds. The van der Waals surface area contributed by atoms with Crippen molar-refractivity contribution >= 4 is 93.1 Å². The van der Waals surface area contributed by atoms with E-state index >= 15 is 0 Å². The fourth-order valence-corrected chi connectivity index (χ4v) is 9.86. The van der Waals surface area contributed by atoms with Gasteiger partial charge in [0.1, 0.15) is 0 Å². The van der Waals surface area contributed by atoms with E-state index in [4.69, 9.17) is 11.6 Å². The van der Waals surface area contributed by atoms with Crippen LogP contribution in [0.15, 0.2) is 158 Å². The van der Waals surface area contributed by atoms with Crippen molar-refractivity contribution < 1.29 is 55.1 Å². The Kier molecular flexibility index (Phi) is 21.9. The molecule has 0 atom stereocenters. The average molecular weight is 1280 g/mol. The Bertz CT molecular complexity index is 3670. The minimum atomic E-state index is -4.60. The summed E-state index contributed by atoms with van der Waals surface area (Å²) < 4.78 is 78.2. The second-order valence-electron chi connectivity index (χ2n) is 21.3. The lowest BCUT2D eigenvalue weighted by atomic mass is 10.1. The molecule has 0 radical (unpaired) electrons. The predicted octanol–water partition coefficient (Wildman–Crippen LogP) is 12.1. The molecule has 2 aliphatic rings. The number of alkyl halides is 6. The molecule has 2 aliphatic heterocycles. The van der Waals surface area contributed by atoms with E-state index < -0.39 is 47.1 Å². The molecular weight excluding hydrogens is 1220 g/mol. The quantitative estimate of drug-likeness (QED) is 0.0330. The lowest BCUT2D eigenvalue weighted by Gasteiger charge is -2.14. The Morgan fingerprint density at radius 2 is 0.793 bits per heavy atom. The largest absolute Gasteiger partial charge is 0.416 e. The SMILES string of the molecule is Cc1ccc(NC(=O)c2cccc(C(F)(F)F)c2)cc1C(=O)Nc1cnc(Nc2ccc(C(=O)NCCN3CCCC3)cc2)nc1.O=C(NCCN1CCCC1)c1ccc(Nc2ncc(NC(=O)c3cc(NC(=O)c4cccc(C(F)(F)F)c4)ccc3Cl)cn2)cc1. The van der Waals surface area contributed by atoms with Crippen molar-refractivity contribution in [3.05, 3.63) is 213 Å². The van der Waals surface area contributed by atoms with E-state index in [9.17, 15) is 55.1 Å². The van der Waals surface area contributed by atoms with Gasteiger partial charge in [0.15, 0.2) is 0 Å². The maximum Gasteiger partial charge on any atom is 0.416 e. The molecule has 4 heterocycles. The number of nitrogens with zero attached hydrogens (tertiary/aromatic N) is 6. The Morgan fingerprint density at radius 1 is 0.424 bits per heavy atom. The molecule has 0 bridgehead atoms. The fraction of sp³-hybridized carbons (Fsp3) is 0.231. The number of hydrogen-bond donors (Lipinski definition) is 8. The van der Waals surface area contributed by atoms with Crippen LogP contribution in [0.1, 0.15) is 105 Å². The third kappa shape index (κ3) is 18.9. The summed E-state index contributed by atoms with van der Waals surface area (Å²) in [5.41, 5.74) is 1.94. The Labute approximate surface area is 529 Å². The van der Waals surface area contributed by atoms with E-state index in [2.05, 4.69) is 72.3 Å². The third-order valence-corrected chi connectivity index (χ3v) is 14.9. The van der Waals surface area contributed by atoms with Gasteiger partial charge >= 0.3 is 12.4 Å². The smallest absolute Gasteiger partial charge is 0.351 e. The molecule has 0 unspecified atom stereocenters. The highest BCUT2D eigenvalue weighted by molar-refractivity contribution is 6.34. The maximum atomic E-state index is 13.0. The van der Waals surface area contributed by atoms with Crippen molar-refractivity contribution in [1.29, 1.82) is 0 Å². The molecule has 2 fully saturated rings. The van der Waals surface area contributed by atoms with Crippen molar-refractivity contribution in [3.63, 3.8) is 0 Å². The first-order valence-electron chi connectivity index (χ1n) is 29.0. The van der Waals surface area contributed by atoms with Crippen LogP contribution in [0, 0.1) is 6.92 Å². The van der Waals surface area contributed by atoms with Gasteiger partial charge in [0.05, 0.1) is 57.9 Å². The lowest BCUT2D eigenvalue weighted by Crippen LogP contribution is -2.33. The molecule has 476 valence electrons. The number of rotatable bonds is 20. The third-order valence-electron chi connectivity index (χ3n) is 14.6. The lowest BCUT2D eigenvalue weighted by molar-refractivity contribution is -0.138. The monoisotopic (exact) mass is 1280 g/mol. The molecule has 6 aromatic carbocycles. The zero-order valence-corrected chi connectivity index (χ0v) is 50.0. The number of carbonyl (C=O) groups excluding carboxylic acids is 6. The van der Waals surface area contributed by atoms with Crippen molar-refractivity contribution in [2.45, 2.75) is 45.0 Å². The van der Waals surface area contributed by atoms with Crippen molar-refractivity contribution in [1.82, 2.24) is 40.4 Å². The van der Waals surface area contributed by atoms with Gasteiger partial charge in [0.25, 0.3) is 35.4 Å². The number of halogens is 7. The molecular formula is C65H61ClF6N14O6. The minimum absolute atomic E-state index is 0.00545. The molecule has 20 nitrogen and oxygen atoms in total. The van der Waals surface area contributed by atoms with E-state index in [1.54, 1.807) is 67.6 Å². The van der Waals surface area contributed by atoms with E-state index in [0.717, 1.165) is 75.7 Å². The van der Waals surface area contributed by atoms with Crippen LogP contribution in [-0.2, 0) is 12.4 Å². The molecule has 27 heteroatoms. The molecule has 10 rings (SSSR count). The zero-order chi connectivity index (χ0) is 65.4. The number of carbonyl (C=O) groups is 6. The van der Waals surface area contributed by atoms with Gasteiger partial charge < -0.3 is 52.3 Å². The van der Waals surface area contributed by atoms with Gasteiger partial charge in [0.2, 0.25) is 11.9 Å². The number of nitrogens with one attached hydrogen (secondary N) is 8. The number of likely N-dealkylation sites (tertiary alicyclic amines) is 2. The Morgan fingerprint density at radius 3 is 1.21 bits per heavy atom. The van der Waals surface area contributed by atoms with E-state index in [1.165, 1.54) is 86.9 Å². The maximum absolute atomic E-state index is 13.0. The van der Waals surface area contributed by atoms with Crippen LogP contribution in [0.2, 0.25) is 5.02 Å². The minimum Gasteiger partial charge on any atom is -0.351 e. The molecule has 2 saturated heterocycles. The van der Waals surface area contributed by atoms with E-state index in [0.29, 0.717) is 46.8 Å². The molecule has 0 spiro atoms. The summed E-state index contributed by atoms with van der Waals surface area (Å²) in [6.45, 7) is 8.89. The highest BCUT2D eigenvalue weighted by Crippen LogP contribution is 2.32. The Hall–Kier alpha value is -10.3. The van der Waals surface area contributed by atoms with Gasteiger partial charge in [-0.05, 0) is 180 Å². The standard InChI is InChI=1S/C33H32F3N7O3.C32H29ClF3N7O3/c1-21-7-10-26(40-30(45)23-5-4-6-24(17-23)33(34,35)36)18-28(21)31(46)41-27-19-38-32(39-20-27)42-25-11-8-22(9-12-25)29(44)37-13-16-43-14-2-3-15-43;33-27-11-10-24(40-29(45)21-4-3-5-22(16-21)32(34,35)36)17-26(27)30(46)41-25-18-38-31(39-19-25)42-23-8-6-20(7-9-23)28(44)37-12-15-43-13-1-2-14-43/h4-12,17-20H,2-3,13-16H2,1H3,(H,37,44)(H,40,45)(H,41,46)(H,38,39,42);3-11,16-19H,1-2,12-15H2,(H,37,44)(H,40,45)(H,41,46)(H,38,39,42). The molecule has 0 aliphatic carbocycles. The van der Waals surface area contributed by atoms with Crippen molar-refractivity contribution in [2.75, 3.05) is 84.3 Å². The highest BCUT2D eigenvalue weighted by atomic mass is 35.5. The first-order valence-corrected chi connectivity index (χ1v) is 29.4. The number of anilines is 8. The summed E-state index contributed by atoms with van der Waals surface area (Å²) >= 11 is 6.21. The summed E-state index contributed by atoms with van der Waals surface area (Å²) in [6.07, 6.45) is 1.23. The molecule has 8 N–H and O–H groups in total. The van der Waals surface area contributed by atoms with Crippen LogP contribution >= 0.6 is 11.6 Å². The summed E-state index contributed by atoms with van der Waals surface area (Å²) in [7, 11) is 0. The van der Waals surface area contributed by atoms with Crippen LogP contribution in [0.5, 0.6) is 0 Å². The van der Waals surface area contributed by atoms with Gasteiger partial charge in [-0.15, -0.1) is 0 Å². The second kappa shape index (κ2) is 30.5. The Balaban J connectivity index is 0.000000217. The molecule has 92 heavy (non-hydrogen) atoms. The van der Waals surface area contributed by atoms with Gasteiger partial charge in [-0.25, -0.2) is 19.9 Å². The number of hydrogen-bond acceptors (Lipinski definition) is 14. The second-order valence-corrected chi connectivity index (χ2v) is 21.7. The normalized spacial score (nSPS) is 13.2. The summed E-state index contributed by atoms with van der Waals surface area (Å²) in [6, 6.07) is 30.5. The fourth-order valence-electron chi connectivity index (χ4n) is 9.65. The molecule has 0 saturated carbocycles. The number of aromatic nitrogens is 4. The van der Waals surface area contributed by atoms with Gasteiger partial charge in [-0.2, -0.15) is 26.3 Å². The number of amides is 6. The topological polar surface area (TPSA) is 257 Å². The zero-order valence-electron chi connectivity index (χ0n) is 49.3. The highest BCUT2D eigenvalue weighted by Gasteiger charge is 2.32. The first-order chi connectivity index (χ1) is 44.1. The summed E-state index contributed by atoms with van der Waals surface area (Å²) in [5.74, 6) is -2.42. The van der Waals surface area contributed by atoms with Crippen LogP contribution in [0.4, 0.5) is 72.4 Å². The summed E-state index contributed by atoms with van der Waals surface area (Å²) in [4.78, 5) is 97.6. The molecule has 2 aromatic heterocycles. The van der Waals surface area contributed by atoms with E-state index in [-0.39, 0.29) is 68.0 Å². The van der Waals surface area contributed by atoms with Crippen molar-refractivity contribution in [2.24, 2.45) is 0 Å². The first kappa shape index (κ1) is 66.1. The summed E-state index contributed by atoms with van der Waals surface area (Å²) in [5, 5.41) is 22.4. The number of benzene rings is 6. The predicted molar refractivity (Wildman–Crippen MR) is 337 cm³/mol. The van der Waals surface area contributed by atoms with Crippen LogP contribution < -0.4 is 42.5 Å². The van der Waals surface area contributed by atoms with Gasteiger partial charge in [-0.3, -0.25) is 28.8 Å². The van der Waals surface area contributed by atoms with Crippen molar-refractivity contribution in [3.8, 4) is 0 Å². The van der Waals surface area contributed by atoms with Gasteiger partial charge in [-0.1, -0.05) is 29.8 Å². The molecule has 8 aromatic rings. The van der Waals surface area contributed by atoms with Crippen LogP contribution in [0.25, 0.3) is 0 Å². The average Bonchev–Trinajstić information content (AvgIpc) is 1.71. The number of aryl methyl sites for hydroxylation is 1. The van der Waals surface area contributed by atoms with Crippen LogP contribution in [0.3, 0.4) is 0 Å². The van der Waals surface area contributed by atoms with E-state index in [1.807, 2.05) is 0 Å². The van der Waals surface area contributed by atoms with Crippen LogP contribution in [-0.4, -0.2) is 118 Å².